The second kappa shape index (κ2) is 4.49. The molecule has 3 N–H and O–H groups in total. The Labute approximate surface area is 98.9 Å². The number of halogens is 2. The summed E-state index contributed by atoms with van der Waals surface area (Å²) >= 11 is 0. The first-order valence-electron chi connectivity index (χ1n) is 5.62. The van der Waals surface area contributed by atoms with E-state index in [1.165, 1.54) is 6.07 Å². The summed E-state index contributed by atoms with van der Waals surface area (Å²) in [5, 5.41) is 2.95. The van der Waals surface area contributed by atoms with Gasteiger partial charge >= 0.3 is 0 Å². The van der Waals surface area contributed by atoms with Gasteiger partial charge in [0, 0.05) is 19.2 Å². The lowest BCUT2D eigenvalue weighted by atomic mass is 10.0. The SMILES string of the molecule is CC1(CNc2cc(F)cc(F)c2N)CCCO1. The van der Waals surface area contributed by atoms with Gasteiger partial charge in [0.25, 0.3) is 0 Å². The average molecular weight is 242 g/mol. The van der Waals surface area contributed by atoms with E-state index in [1.54, 1.807) is 0 Å². The summed E-state index contributed by atoms with van der Waals surface area (Å²) in [4.78, 5) is 0. The molecule has 5 heteroatoms. The Bertz CT molecular complexity index is 417. The molecule has 1 aliphatic heterocycles. The molecule has 1 heterocycles. The Morgan fingerprint density at radius 2 is 2.24 bits per heavy atom. The Morgan fingerprint density at radius 3 is 2.88 bits per heavy atom. The smallest absolute Gasteiger partial charge is 0.151 e. The molecule has 0 aromatic heterocycles. The molecule has 3 nitrogen and oxygen atoms in total. The summed E-state index contributed by atoms with van der Waals surface area (Å²) in [5.74, 6) is -1.39. The van der Waals surface area contributed by atoms with Crippen molar-refractivity contribution in [2.75, 3.05) is 24.2 Å². The minimum absolute atomic E-state index is 0.0620. The molecule has 0 amide bonds. The summed E-state index contributed by atoms with van der Waals surface area (Å²) in [6, 6.07) is 1.96. The van der Waals surface area contributed by atoms with Crippen LogP contribution in [0.3, 0.4) is 0 Å². The van der Waals surface area contributed by atoms with Crippen LogP contribution in [0.1, 0.15) is 19.8 Å². The van der Waals surface area contributed by atoms with Gasteiger partial charge in [-0.15, -0.1) is 0 Å². The number of rotatable bonds is 3. The Balaban J connectivity index is 2.08. The van der Waals surface area contributed by atoms with Crippen molar-refractivity contribution in [1.29, 1.82) is 0 Å². The van der Waals surface area contributed by atoms with Crippen molar-refractivity contribution in [3.05, 3.63) is 23.8 Å². The largest absolute Gasteiger partial charge is 0.395 e. The molecule has 0 aliphatic carbocycles. The van der Waals surface area contributed by atoms with Crippen LogP contribution in [-0.4, -0.2) is 18.8 Å². The topological polar surface area (TPSA) is 47.3 Å². The second-order valence-corrected chi connectivity index (χ2v) is 4.60. The minimum Gasteiger partial charge on any atom is -0.395 e. The molecule has 0 spiro atoms. The number of hydrogen-bond donors (Lipinski definition) is 2. The molecule has 1 aromatic rings. The molecule has 94 valence electrons. The molecule has 2 rings (SSSR count). The molecular formula is C12H16F2N2O. The molecule has 1 aromatic carbocycles. The molecular weight excluding hydrogens is 226 g/mol. The third-order valence-corrected chi connectivity index (χ3v) is 3.05. The van der Waals surface area contributed by atoms with Crippen molar-refractivity contribution < 1.29 is 13.5 Å². The van der Waals surface area contributed by atoms with Gasteiger partial charge in [-0.2, -0.15) is 0 Å². The van der Waals surface area contributed by atoms with E-state index in [0.29, 0.717) is 6.54 Å². The number of anilines is 2. The molecule has 1 atom stereocenters. The van der Waals surface area contributed by atoms with Crippen molar-refractivity contribution in [3.63, 3.8) is 0 Å². The highest BCUT2D eigenvalue weighted by atomic mass is 19.1. The lowest BCUT2D eigenvalue weighted by molar-refractivity contribution is 0.0315. The maximum atomic E-state index is 13.2. The van der Waals surface area contributed by atoms with E-state index in [4.69, 9.17) is 10.5 Å². The molecule has 1 fully saturated rings. The normalized spacial score (nSPS) is 23.9. The fourth-order valence-electron chi connectivity index (χ4n) is 1.99. The first-order chi connectivity index (χ1) is 8.00. The van der Waals surface area contributed by atoms with Crippen LogP contribution in [0.15, 0.2) is 12.1 Å². The Hall–Kier alpha value is -1.36. The van der Waals surface area contributed by atoms with Crippen molar-refractivity contribution in [1.82, 2.24) is 0 Å². The summed E-state index contributed by atoms with van der Waals surface area (Å²) in [6.07, 6.45) is 1.93. The summed E-state index contributed by atoms with van der Waals surface area (Å²) < 4.78 is 31.8. The average Bonchev–Trinajstić information content (AvgIpc) is 2.69. The van der Waals surface area contributed by atoms with Crippen LogP contribution in [0.4, 0.5) is 20.2 Å². The van der Waals surface area contributed by atoms with Gasteiger partial charge in [0.2, 0.25) is 0 Å². The number of ether oxygens (including phenoxy) is 1. The zero-order chi connectivity index (χ0) is 12.5. The molecule has 17 heavy (non-hydrogen) atoms. The van der Waals surface area contributed by atoms with Crippen molar-refractivity contribution in [2.24, 2.45) is 0 Å². The number of nitrogens with two attached hydrogens (primary N) is 1. The predicted octanol–water partition coefficient (Wildman–Crippen LogP) is 2.53. The van der Waals surface area contributed by atoms with Crippen LogP contribution in [0, 0.1) is 11.6 Å². The lowest BCUT2D eigenvalue weighted by Gasteiger charge is -2.24. The predicted molar refractivity (Wildman–Crippen MR) is 62.9 cm³/mol. The summed E-state index contributed by atoms with van der Waals surface area (Å²) in [5.41, 5.74) is 5.47. The van der Waals surface area contributed by atoms with Gasteiger partial charge in [-0.1, -0.05) is 0 Å². The van der Waals surface area contributed by atoms with Crippen molar-refractivity contribution >= 4 is 11.4 Å². The van der Waals surface area contributed by atoms with Gasteiger partial charge in [0.15, 0.2) is 5.82 Å². The molecule has 0 saturated carbocycles. The lowest BCUT2D eigenvalue weighted by Crippen LogP contribution is -2.32. The Kier molecular flexibility index (Phi) is 3.19. The standard InChI is InChI=1S/C12H16F2N2O/c1-12(3-2-4-17-12)7-16-10-6-8(13)5-9(14)11(10)15/h5-6,16H,2-4,7,15H2,1H3. The summed E-state index contributed by atoms with van der Waals surface area (Å²) in [7, 11) is 0. The van der Waals surface area contributed by atoms with E-state index in [2.05, 4.69) is 5.32 Å². The highest BCUT2D eigenvalue weighted by Crippen LogP contribution is 2.28. The van der Waals surface area contributed by atoms with Crippen LogP contribution >= 0.6 is 0 Å². The van der Waals surface area contributed by atoms with E-state index >= 15 is 0 Å². The van der Waals surface area contributed by atoms with Gasteiger partial charge in [-0.05, 0) is 25.8 Å². The van der Waals surface area contributed by atoms with Gasteiger partial charge < -0.3 is 15.8 Å². The third kappa shape index (κ3) is 2.66. The zero-order valence-corrected chi connectivity index (χ0v) is 9.72. The van der Waals surface area contributed by atoms with Crippen LogP contribution in [0.25, 0.3) is 0 Å². The molecule has 1 aliphatic rings. The van der Waals surface area contributed by atoms with Gasteiger partial charge in [-0.25, -0.2) is 8.78 Å². The van der Waals surface area contributed by atoms with Crippen molar-refractivity contribution in [3.8, 4) is 0 Å². The van der Waals surface area contributed by atoms with E-state index in [1.807, 2.05) is 6.92 Å². The first kappa shape index (κ1) is 12.1. The van der Waals surface area contributed by atoms with Crippen molar-refractivity contribution in [2.45, 2.75) is 25.4 Å². The first-order valence-corrected chi connectivity index (χ1v) is 5.62. The maximum absolute atomic E-state index is 13.2. The second-order valence-electron chi connectivity index (χ2n) is 4.60. The van der Waals surface area contributed by atoms with Crippen LogP contribution in [0.2, 0.25) is 0 Å². The molecule has 0 bridgehead atoms. The van der Waals surface area contributed by atoms with Crippen LogP contribution in [-0.2, 0) is 4.74 Å². The van der Waals surface area contributed by atoms with E-state index in [9.17, 15) is 8.78 Å². The molecule has 1 saturated heterocycles. The fourth-order valence-corrected chi connectivity index (χ4v) is 1.99. The number of benzene rings is 1. The minimum atomic E-state index is -0.745. The van der Waals surface area contributed by atoms with E-state index in [0.717, 1.165) is 25.5 Å². The summed E-state index contributed by atoms with van der Waals surface area (Å²) in [6.45, 7) is 3.18. The van der Waals surface area contributed by atoms with Crippen LogP contribution < -0.4 is 11.1 Å². The third-order valence-electron chi connectivity index (χ3n) is 3.05. The van der Waals surface area contributed by atoms with Crippen LogP contribution in [0.5, 0.6) is 0 Å². The molecule has 0 radical (unpaired) electrons. The zero-order valence-electron chi connectivity index (χ0n) is 9.72. The van der Waals surface area contributed by atoms with Gasteiger partial charge in [0.1, 0.15) is 5.82 Å². The number of nitrogens with one attached hydrogen (secondary N) is 1. The fraction of sp³-hybridized carbons (Fsp3) is 0.500. The number of hydrogen-bond acceptors (Lipinski definition) is 3. The highest BCUT2D eigenvalue weighted by molar-refractivity contribution is 5.66. The van der Waals surface area contributed by atoms with Gasteiger partial charge in [-0.3, -0.25) is 0 Å². The maximum Gasteiger partial charge on any atom is 0.151 e. The van der Waals surface area contributed by atoms with E-state index in [-0.39, 0.29) is 17.0 Å². The highest BCUT2D eigenvalue weighted by Gasteiger charge is 2.29. The van der Waals surface area contributed by atoms with Gasteiger partial charge in [0.05, 0.1) is 17.0 Å². The quantitative estimate of drug-likeness (QED) is 0.801. The Morgan fingerprint density at radius 1 is 1.47 bits per heavy atom. The molecule has 1 unspecified atom stereocenters. The van der Waals surface area contributed by atoms with E-state index < -0.39 is 11.6 Å². The monoisotopic (exact) mass is 242 g/mol. The number of nitrogen functional groups attached to an aromatic ring is 1.